The van der Waals surface area contributed by atoms with E-state index in [2.05, 4.69) is 20.4 Å². The van der Waals surface area contributed by atoms with Gasteiger partial charge >= 0.3 is 5.97 Å². The van der Waals surface area contributed by atoms with E-state index in [1.165, 1.54) is 7.11 Å². The Morgan fingerprint density at radius 3 is 2.50 bits per heavy atom. The highest BCUT2D eigenvalue weighted by molar-refractivity contribution is 5.69. The van der Waals surface area contributed by atoms with Gasteiger partial charge in [-0.05, 0) is 58.3 Å². The van der Waals surface area contributed by atoms with Crippen molar-refractivity contribution in [3.63, 3.8) is 0 Å². The Hall–Kier alpha value is -0.910. The standard InChI is InChI=1S/C21H36O5/c1-8-19(4)11-9-15-20(5,12-10-16(23)25-7)17(18(2,3)24)14(22)13-21(15,6)26-19/h8,14-15,17,22,24H,1,9-13H2,2-7H3. The van der Waals surface area contributed by atoms with Gasteiger partial charge in [0.1, 0.15) is 0 Å². The molecule has 5 heteroatoms. The zero-order chi connectivity index (χ0) is 20.0. The van der Waals surface area contributed by atoms with Gasteiger partial charge < -0.3 is 19.7 Å². The zero-order valence-corrected chi connectivity index (χ0v) is 17.2. The highest BCUT2D eigenvalue weighted by Gasteiger charge is 2.63. The molecule has 0 bridgehead atoms. The Bertz CT molecular complexity index is 553. The van der Waals surface area contributed by atoms with E-state index < -0.39 is 28.3 Å². The Balaban J connectivity index is 2.45. The maximum Gasteiger partial charge on any atom is 0.305 e. The third-order valence-corrected chi connectivity index (χ3v) is 6.93. The van der Waals surface area contributed by atoms with E-state index in [0.717, 1.165) is 12.8 Å². The number of methoxy groups -OCH3 is 1. The molecule has 2 rings (SSSR count). The molecular formula is C21H36O5. The molecule has 0 spiro atoms. The smallest absolute Gasteiger partial charge is 0.305 e. The molecule has 1 saturated carbocycles. The van der Waals surface area contributed by atoms with E-state index in [0.29, 0.717) is 12.8 Å². The summed E-state index contributed by atoms with van der Waals surface area (Å²) in [5, 5.41) is 21.9. The number of aliphatic hydroxyl groups excluding tert-OH is 1. The minimum absolute atomic E-state index is 0.118. The molecule has 0 aromatic heterocycles. The molecule has 26 heavy (non-hydrogen) atoms. The summed E-state index contributed by atoms with van der Waals surface area (Å²) in [6, 6.07) is 0. The molecule has 2 aliphatic rings. The van der Waals surface area contributed by atoms with Gasteiger partial charge in [-0.2, -0.15) is 0 Å². The number of esters is 1. The minimum atomic E-state index is -1.06. The van der Waals surface area contributed by atoms with Crippen LogP contribution in [0.1, 0.15) is 66.7 Å². The van der Waals surface area contributed by atoms with Crippen LogP contribution in [-0.4, -0.2) is 46.2 Å². The first-order chi connectivity index (χ1) is 11.8. The maximum atomic E-state index is 11.8. The quantitative estimate of drug-likeness (QED) is 0.575. The normalized spacial score (nSPS) is 43.5. The predicted molar refractivity (Wildman–Crippen MR) is 101 cm³/mol. The van der Waals surface area contributed by atoms with Gasteiger partial charge in [-0.1, -0.05) is 13.0 Å². The van der Waals surface area contributed by atoms with Gasteiger partial charge in [0.2, 0.25) is 0 Å². The molecular weight excluding hydrogens is 332 g/mol. The molecule has 6 unspecified atom stereocenters. The van der Waals surface area contributed by atoms with Crippen LogP contribution in [0, 0.1) is 17.3 Å². The number of carbonyl (C=O) groups is 1. The van der Waals surface area contributed by atoms with Crippen molar-refractivity contribution in [2.24, 2.45) is 17.3 Å². The second-order valence-electron chi connectivity index (χ2n) is 9.51. The summed E-state index contributed by atoms with van der Waals surface area (Å²) in [5.41, 5.74) is -2.48. The van der Waals surface area contributed by atoms with E-state index >= 15 is 0 Å². The van der Waals surface area contributed by atoms with E-state index in [9.17, 15) is 15.0 Å². The number of hydrogen-bond acceptors (Lipinski definition) is 5. The number of ether oxygens (including phenoxy) is 2. The first kappa shape index (κ1) is 21.4. The number of fused-ring (bicyclic) bond motifs is 1. The number of rotatable bonds is 5. The summed E-state index contributed by atoms with van der Waals surface area (Å²) in [4.78, 5) is 11.8. The first-order valence-electron chi connectivity index (χ1n) is 9.62. The largest absolute Gasteiger partial charge is 0.469 e. The van der Waals surface area contributed by atoms with Gasteiger partial charge in [0.05, 0.1) is 30.0 Å². The van der Waals surface area contributed by atoms with Crippen molar-refractivity contribution in [3.05, 3.63) is 12.7 Å². The van der Waals surface area contributed by atoms with Crippen molar-refractivity contribution in [1.29, 1.82) is 0 Å². The summed E-state index contributed by atoms with van der Waals surface area (Å²) in [6.07, 6.45) is 4.12. The SMILES string of the molecule is C=CC1(C)CCC2C(C)(CC(O)C(C(C)(C)O)C2(C)CCC(=O)OC)O1. The van der Waals surface area contributed by atoms with Crippen LogP contribution in [0.3, 0.4) is 0 Å². The second kappa shape index (κ2) is 6.92. The van der Waals surface area contributed by atoms with Crippen LogP contribution in [0.25, 0.3) is 0 Å². The third-order valence-electron chi connectivity index (χ3n) is 6.93. The summed E-state index contributed by atoms with van der Waals surface area (Å²) >= 11 is 0. The molecule has 1 saturated heterocycles. The predicted octanol–water partition coefficient (Wildman–Crippen LogP) is 3.23. The van der Waals surface area contributed by atoms with Crippen molar-refractivity contribution in [1.82, 2.24) is 0 Å². The topological polar surface area (TPSA) is 76.0 Å². The molecule has 2 N–H and O–H groups in total. The van der Waals surface area contributed by atoms with Crippen LogP contribution in [0.5, 0.6) is 0 Å². The Labute approximate surface area is 157 Å². The van der Waals surface area contributed by atoms with Gasteiger partial charge in [0, 0.05) is 18.8 Å². The lowest BCUT2D eigenvalue weighted by molar-refractivity contribution is -0.276. The van der Waals surface area contributed by atoms with Crippen molar-refractivity contribution in [3.8, 4) is 0 Å². The lowest BCUT2D eigenvalue weighted by Crippen LogP contribution is -2.66. The molecule has 1 heterocycles. The second-order valence-corrected chi connectivity index (χ2v) is 9.51. The van der Waals surface area contributed by atoms with Gasteiger partial charge in [-0.3, -0.25) is 4.79 Å². The fourth-order valence-electron chi connectivity index (χ4n) is 6.02. The molecule has 2 fully saturated rings. The van der Waals surface area contributed by atoms with E-state index in [1.807, 2.05) is 13.0 Å². The van der Waals surface area contributed by atoms with E-state index in [-0.39, 0.29) is 24.2 Å². The van der Waals surface area contributed by atoms with Gasteiger partial charge in [-0.25, -0.2) is 0 Å². The highest BCUT2D eigenvalue weighted by Crippen LogP contribution is 2.61. The third kappa shape index (κ3) is 3.71. The lowest BCUT2D eigenvalue weighted by atomic mass is 9.48. The van der Waals surface area contributed by atoms with Crippen LogP contribution in [0.2, 0.25) is 0 Å². The minimum Gasteiger partial charge on any atom is -0.469 e. The summed E-state index contributed by atoms with van der Waals surface area (Å²) in [5.74, 6) is -0.503. The molecule has 0 aromatic rings. The molecule has 0 amide bonds. The molecule has 1 aliphatic heterocycles. The average molecular weight is 369 g/mol. The van der Waals surface area contributed by atoms with Crippen molar-refractivity contribution < 1.29 is 24.5 Å². The molecule has 5 nitrogen and oxygen atoms in total. The highest BCUT2D eigenvalue weighted by atomic mass is 16.5. The zero-order valence-electron chi connectivity index (χ0n) is 17.2. The number of carbonyl (C=O) groups excluding carboxylic acids is 1. The molecule has 1 aliphatic carbocycles. The molecule has 6 atom stereocenters. The van der Waals surface area contributed by atoms with E-state index in [4.69, 9.17) is 9.47 Å². The fraction of sp³-hybridized carbons (Fsp3) is 0.857. The van der Waals surface area contributed by atoms with Crippen molar-refractivity contribution >= 4 is 5.97 Å². The monoisotopic (exact) mass is 368 g/mol. The van der Waals surface area contributed by atoms with Crippen LogP contribution in [0.15, 0.2) is 12.7 Å². The molecule has 0 radical (unpaired) electrons. The van der Waals surface area contributed by atoms with Crippen LogP contribution in [0.4, 0.5) is 0 Å². The Morgan fingerprint density at radius 2 is 2.00 bits per heavy atom. The van der Waals surface area contributed by atoms with Gasteiger partial charge in [0.15, 0.2) is 0 Å². The summed E-state index contributed by atoms with van der Waals surface area (Å²) in [7, 11) is 1.39. The van der Waals surface area contributed by atoms with Crippen LogP contribution < -0.4 is 0 Å². The maximum absolute atomic E-state index is 11.8. The van der Waals surface area contributed by atoms with E-state index in [1.54, 1.807) is 13.8 Å². The van der Waals surface area contributed by atoms with Crippen molar-refractivity contribution in [2.75, 3.05) is 7.11 Å². The average Bonchev–Trinajstić information content (AvgIpc) is 2.49. The summed E-state index contributed by atoms with van der Waals surface area (Å²) in [6.45, 7) is 13.6. The van der Waals surface area contributed by atoms with Gasteiger partial charge in [0.25, 0.3) is 0 Å². The first-order valence-corrected chi connectivity index (χ1v) is 9.62. The van der Waals surface area contributed by atoms with Crippen LogP contribution >= 0.6 is 0 Å². The fourth-order valence-corrected chi connectivity index (χ4v) is 6.02. The molecule has 0 aromatic carbocycles. The number of aliphatic hydroxyl groups is 2. The Morgan fingerprint density at radius 1 is 1.38 bits per heavy atom. The molecule has 150 valence electrons. The lowest BCUT2D eigenvalue weighted by Gasteiger charge is -2.63. The van der Waals surface area contributed by atoms with Crippen molar-refractivity contribution in [2.45, 2.75) is 89.6 Å². The van der Waals surface area contributed by atoms with Gasteiger partial charge in [-0.15, -0.1) is 6.58 Å². The Kier molecular flexibility index (Phi) is 5.69. The number of hydrogen-bond donors (Lipinski definition) is 2. The van der Waals surface area contributed by atoms with Crippen LogP contribution in [-0.2, 0) is 14.3 Å². The summed E-state index contributed by atoms with van der Waals surface area (Å²) < 4.78 is 11.3.